The molecular formula is C20H14N4Ru. The van der Waals surface area contributed by atoms with Crippen LogP contribution in [0, 0.1) is 0 Å². The summed E-state index contributed by atoms with van der Waals surface area (Å²) in [5.74, 6) is 0. The third-order valence-electron chi connectivity index (χ3n) is 4.04. The third-order valence-corrected chi connectivity index (χ3v) is 4.04. The van der Waals surface area contributed by atoms with E-state index in [1.54, 1.807) is 0 Å². The van der Waals surface area contributed by atoms with Gasteiger partial charge in [0, 0.05) is 41.5 Å². The molecule has 0 spiro atoms. The molecule has 5 heterocycles. The summed E-state index contributed by atoms with van der Waals surface area (Å²) in [5.41, 5.74) is 7.86. The Kier molecular flexibility index (Phi) is 3.94. The Balaban J connectivity index is 0.00000157. The van der Waals surface area contributed by atoms with Gasteiger partial charge in [0.25, 0.3) is 0 Å². The normalized spacial score (nSPS) is 12.2. The van der Waals surface area contributed by atoms with Crippen LogP contribution >= 0.6 is 0 Å². The van der Waals surface area contributed by atoms with Gasteiger partial charge in [-0.05, 0) is 72.8 Å². The van der Waals surface area contributed by atoms with Crippen molar-refractivity contribution in [1.29, 1.82) is 0 Å². The molecule has 2 N–H and O–H groups in total. The van der Waals surface area contributed by atoms with E-state index < -0.39 is 0 Å². The molecule has 5 rings (SSSR count). The molecule has 0 saturated carbocycles. The van der Waals surface area contributed by atoms with Gasteiger partial charge in [-0.3, -0.25) is 0 Å². The van der Waals surface area contributed by atoms with Gasteiger partial charge in [0.15, 0.2) is 0 Å². The number of hydrogen-bond donors (Lipinski definition) is 2. The molecular weight excluding hydrogens is 397 g/mol. The van der Waals surface area contributed by atoms with Crippen molar-refractivity contribution in [3.63, 3.8) is 0 Å². The number of hydrogen-bond acceptors (Lipinski definition) is 2. The molecule has 0 aliphatic carbocycles. The molecule has 5 heteroatoms. The van der Waals surface area contributed by atoms with E-state index >= 15 is 0 Å². The maximum atomic E-state index is 4.62. The van der Waals surface area contributed by atoms with Gasteiger partial charge in [-0.15, -0.1) is 0 Å². The quantitative estimate of drug-likeness (QED) is 0.365. The molecule has 0 aromatic carbocycles. The van der Waals surface area contributed by atoms with E-state index in [-0.39, 0.29) is 19.5 Å². The van der Waals surface area contributed by atoms with Crippen LogP contribution in [0.25, 0.3) is 46.4 Å². The van der Waals surface area contributed by atoms with E-state index in [0.717, 1.165) is 44.8 Å². The fourth-order valence-corrected chi connectivity index (χ4v) is 2.94. The van der Waals surface area contributed by atoms with Crippen LogP contribution in [0.5, 0.6) is 0 Å². The van der Waals surface area contributed by atoms with Crippen LogP contribution in [0.3, 0.4) is 0 Å². The molecule has 0 amide bonds. The number of rotatable bonds is 0. The summed E-state index contributed by atoms with van der Waals surface area (Å²) in [6.45, 7) is 0. The largest absolute Gasteiger partial charge is 0.355 e. The predicted octanol–water partition coefficient (Wildman–Crippen LogP) is 4.65. The van der Waals surface area contributed by atoms with Crippen molar-refractivity contribution < 1.29 is 19.5 Å². The maximum Gasteiger partial charge on any atom is 0.0659 e. The van der Waals surface area contributed by atoms with Crippen molar-refractivity contribution in [3.05, 3.63) is 71.3 Å². The van der Waals surface area contributed by atoms with Crippen molar-refractivity contribution in [2.75, 3.05) is 0 Å². The van der Waals surface area contributed by atoms with E-state index in [0.29, 0.717) is 0 Å². The first-order valence-electron chi connectivity index (χ1n) is 7.85. The zero-order valence-corrected chi connectivity index (χ0v) is 14.9. The minimum absolute atomic E-state index is 0. The Hall–Kier alpha value is -2.78. The second-order valence-electron chi connectivity index (χ2n) is 5.91. The van der Waals surface area contributed by atoms with Crippen molar-refractivity contribution in [1.82, 2.24) is 19.9 Å². The smallest absolute Gasteiger partial charge is 0.0659 e. The van der Waals surface area contributed by atoms with Crippen LogP contribution in [0.15, 0.2) is 48.5 Å². The fourth-order valence-electron chi connectivity index (χ4n) is 2.94. The minimum atomic E-state index is 0. The molecule has 2 aliphatic heterocycles. The van der Waals surface area contributed by atoms with Gasteiger partial charge >= 0.3 is 0 Å². The number of H-pyrrole nitrogens is 2. The van der Waals surface area contributed by atoms with Gasteiger partial charge in [0.1, 0.15) is 0 Å². The Morgan fingerprint density at radius 3 is 1.28 bits per heavy atom. The topological polar surface area (TPSA) is 57.4 Å². The molecule has 3 aromatic rings. The summed E-state index contributed by atoms with van der Waals surface area (Å²) < 4.78 is 0. The van der Waals surface area contributed by atoms with Gasteiger partial charge in [-0.25, -0.2) is 9.97 Å². The van der Waals surface area contributed by atoms with Crippen molar-refractivity contribution >= 4 is 46.4 Å². The van der Waals surface area contributed by atoms with Gasteiger partial charge in [0.05, 0.1) is 22.8 Å². The first kappa shape index (κ1) is 15.7. The summed E-state index contributed by atoms with van der Waals surface area (Å²) in [6, 6.07) is 16.4. The van der Waals surface area contributed by atoms with Crippen molar-refractivity contribution in [2.24, 2.45) is 0 Å². The van der Waals surface area contributed by atoms with Crippen LogP contribution in [0.2, 0.25) is 0 Å². The Bertz CT molecular complexity index is 1080. The number of nitrogens with zero attached hydrogens (tertiary/aromatic N) is 2. The van der Waals surface area contributed by atoms with E-state index in [2.05, 4.69) is 50.3 Å². The average Bonchev–Trinajstić information content (AvgIpc) is 3.32. The van der Waals surface area contributed by atoms with Crippen molar-refractivity contribution in [3.8, 4) is 0 Å². The Morgan fingerprint density at radius 1 is 0.480 bits per heavy atom. The summed E-state index contributed by atoms with van der Waals surface area (Å²) in [5, 5.41) is 0. The summed E-state index contributed by atoms with van der Waals surface area (Å²) in [6.07, 6.45) is 8.05. The molecule has 3 aromatic heterocycles. The van der Waals surface area contributed by atoms with Crippen molar-refractivity contribution in [2.45, 2.75) is 0 Å². The van der Waals surface area contributed by atoms with Crippen LogP contribution in [-0.2, 0) is 19.5 Å². The second-order valence-corrected chi connectivity index (χ2v) is 5.91. The van der Waals surface area contributed by atoms with Crippen LogP contribution < -0.4 is 0 Å². The number of nitrogens with one attached hydrogen (secondary N) is 2. The molecule has 4 nitrogen and oxygen atoms in total. The number of fused-ring (bicyclic) bond motifs is 8. The first-order valence-corrected chi connectivity index (χ1v) is 7.85. The maximum absolute atomic E-state index is 4.62. The van der Waals surface area contributed by atoms with Crippen LogP contribution in [0.4, 0.5) is 0 Å². The van der Waals surface area contributed by atoms with Gasteiger partial charge in [-0.2, -0.15) is 0 Å². The summed E-state index contributed by atoms with van der Waals surface area (Å²) >= 11 is 0. The predicted molar refractivity (Wildman–Crippen MR) is 98.9 cm³/mol. The third kappa shape index (κ3) is 3.24. The average molecular weight is 411 g/mol. The molecule has 8 bridgehead atoms. The minimum Gasteiger partial charge on any atom is -0.355 e. The van der Waals surface area contributed by atoms with Crippen LogP contribution in [0.1, 0.15) is 22.8 Å². The monoisotopic (exact) mass is 412 g/mol. The Morgan fingerprint density at radius 2 is 0.840 bits per heavy atom. The number of aromatic nitrogens is 4. The number of aromatic amines is 2. The Labute approximate surface area is 157 Å². The standard InChI is InChI=1S/C20H14N4.Ru/c1-2-14-10-16-5-6-18(23-16)12-20-8-7-19(24-20)11-17-4-3-15(22-17)9-13(1)21-14;/h1-12,21-22H;. The fraction of sp³-hybridized carbons (Fsp3) is 0. The first-order chi connectivity index (χ1) is 11.8. The van der Waals surface area contributed by atoms with Gasteiger partial charge in [0.2, 0.25) is 0 Å². The molecule has 0 atom stereocenters. The molecule has 0 saturated heterocycles. The van der Waals surface area contributed by atoms with E-state index in [9.17, 15) is 0 Å². The van der Waals surface area contributed by atoms with Crippen LogP contribution in [-0.4, -0.2) is 19.9 Å². The molecule has 0 unspecified atom stereocenters. The summed E-state index contributed by atoms with van der Waals surface area (Å²) in [4.78, 5) is 16.0. The van der Waals surface area contributed by atoms with E-state index in [4.69, 9.17) is 0 Å². The van der Waals surface area contributed by atoms with E-state index in [1.165, 1.54) is 0 Å². The molecule has 0 fully saturated rings. The zero-order chi connectivity index (χ0) is 15.9. The molecule has 122 valence electrons. The summed E-state index contributed by atoms with van der Waals surface area (Å²) in [7, 11) is 0. The zero-order valence-electron chi connectivity index (χ0n) is 13.2. The van der Waals surface area contributed by atoms with E-state index in [1.807, 2.05) is 42.5 Å². The van der Waals surface area contributed by atoms with Gasteiger partial charge in [-0.1, -0.05) is 0 Å². The SMILES string of the molecule is C1=Cc2cc3ccc(cc4ccc(cc5nc(cc1n2)C=C5)[nH]4)[nH]3.[Ru]. The second kappa shape index (κ2) is 6.26. The van der Waals surface area contributed by atoms with Gasteiger partial charge < -0.3 is 9.97 Å². The molecule has 2 aliphatic rings. The molecule has 0 radical (unpaired) electrons. The molecule has 25 heavy (non-hydrogen) atoms.